The van der Waals surface area contributed by atoms with Crippen molar-refractivity contribution in [2.24, 2.45) is 0 Å². The summed E-state index contributed by atoms with van der Waals surface area (Å²) in [6.07, 6.45) is 2.86. The second-order valence-corrected chi connectivity index (χ2v) is 2.53. The number of ether oxygens (including phenoxy) is 1. The standard InChI is InChI=1S/C7H14O2/c1-2-6(8)7-4-3-5-9-7/h6-8H,2-5H2,1H3/t6?,7-/m0/s1. The summed E-state index contributed by atoms with van der Waals surface area (Å²) < 4.78 is 5.26. The van der Waals surface area contributed by atoms with Gasteiger partial charge in [-0.05, 0) is 19.3 Å². The van der Waals surface area contributed by atoms with Gasteiger partial charge in [0.1, 0.15) is 0 Å². The highest BCUT2D eigenvalue weighted by molar-refractivity contribution is 4.71. The molecule has 54 valence electrons. The molecule has 1 rings (SSSR count). The Balaban J connectivity index is 2.24. The van der Waals surface area contributed by atoms with Crippen LogP contribution in [-0.2, 0) is 4.74 Å². The molecule has 9 heavy (non-hydrogen) atoms. The molecule has 1 saturated heterocycles. The van der Waals surface area contributed by atoms with Crippen molar-refractivity contribution < 1.29 is 9.84 Å². The molecule has 2 atom stereocenters. The predicted molar refractivity (Wildman–Crippen MR) is 35.3 cm³/mol. The average Bonchev–Trinajstić information content (AvgIpc) is 2.37. The fourth-order valence-corrected chi connectivity index (χ4v) is 1.17. The zero-order valence-electron chi connectivity index (χ0n) is 5.84. The van der Waals surface area contributed by atoms with Crippen LogP contribution in [-0.4, -0.2) is 23.9 Å². The molecule has 0 aromatic carbocycles. The largest absolute Gasteiger partial charge is 0.390 e. The van der Waals surface area contributed by atoms with Crippen molar-refractivity contribution in [2.45, 2.75) is 38.4 Å². The van der Waals surface area contributed by atoms with E-state index in [-0.39, 0.29) is 12.2 Å². The Hall–Kier alpha value is -0.0800. The van der Waals surface area contributed by atoms with Crippen LogP contribution in [0.25, 0.3) is 0 Å². The minimum absolute atomic E-state index is 0.134. The first-order chi connectivity index (χ1) is 4.34. The topological polar surface area (TPSA) is 29.5 Å². The van der Waals surface area contributed by atoms with E-state index in [2.05, 4.69) is 0 Å². The predicted octanol–water partition coefficient (Wildman–Crippen LogP) is 0.936. The molecular weight excluding hydrogens is 116 g/mol. The van der Waals surface area contributed by atoms with E-state index in [0.29, 0.717) is 0 Å². The molecule has 2 nitrogen and oxygen atoms in total. The Labute approximate surface area is 55.8 Å². The average molecular weight is 130 g/mol. The van der Waals surface area contributed by atoms with Gasteiger partial charge in [-0.25, -0.2) is 0 Å². The van der Waals surface area contributed by atoms with E-state index >= 15 is 0 Å². The first-order valence-corrected chi connectivity index (χ1v) is 3.64. The highest BCUT2D eigenvalue weighted by Gasteiger charge is 2.21. The molecule has 1 unspecified atom stereocenters. The van der Waals surface area contributed by atoms with Gasteiger partial charge in [0.2, 0.25) is 0 Å². The van der Waals surface area contributed by atoms with Crippen LogP contribution in [0, 0.1) is 0 Å². The van der Waals surface area contributed by atoms with Crippen LogP contribution in [0.4, 0.5) is 0 Å². The van der Waals surface area contributed by atoms with Crippen molar-refractivity contribution in [1.29, 1.82) is 0 Å². The lowest BCUT2D eigenvalue weighted by molar-refractivity contribution is -0.00279. The van der Waals surface area contributed by atoms with Gasteiger partial charge in [-0.2, -0.15) is 0 Å². The van der Waals surface area contributed by atoms with Crippen LogP contribution in [0.5, 0.6) is 0 Å². The van der Waals surface area contributed by atoms with E-state index in [9.17, 15) is 5.11 Å². The molecule has 0 spiro atoms. The monoisotopic (exact) mass is 130 g/mol. The molecule has 0 aromatic rings. The number of rotatable bonds is 2. The molecule has 0 radical (unpaired) electrons. The summed E-state index contributed by atoms with van der Waals surface area (Å²) in [5.74, 6) is 0. The molecule has 0 saturated carbocycles. The number of aliphatic hydroxyl groups is 1. The van der Waals surface area contributed by atoms with Crippen molar-refractivity contribution >= 4 is 0 Å². The van der Waals surface area contributed by atoms with Gasteiger partial charge in [-0.3, -0.25) is 0 Å². The lowest BCUT2D eigenvalue weighted by Gasteiger charge is -2.14. The first kappa shape index (κ1) is 7.03. The van der Waals surface area contributed by atoms with Crippen LogP contribution in [0.3, 0.4) is 0 Å². The zero-order valence-corrected chi connectivity index (χ0v) is 5.84. The van der Waals surface area contributed by atoms with Gasteiger partial charge in [0.25, 0.3) is 0 Å². The summed E-state index contributed by atoms with van der Waals surface area (Å²) >= 11 is 0. The number of aliphatic hydroxyl groups excluding tert-OH is 1. The first-order valence-electron chi connectivity index (χ1n) is 3.64. The third-order valence-electron chi connectivity index (χ3n) is 1.81. The second kappa shape index (κ2) is 3.18. The fourth-order valence-electron chi connectivity index (χ4n) is 1.17. The molecule has 0 aromatic heterocycles. The SMILES string of the molecule is CCC(O)[C@@H]1CCCO1. The Morgan fingerprint density at radius 1 is 1.78 bits per heavy atom. The van der Waals surface area contributed by atoms with Crippen LogP contribution in [0.15, 0.2) is 0 Å². The molecule has 1 N–H and O–H groups in total. The Morgan fingerprint density at radius 2 is 2.56 bits per heavy atom. The molecule has 1 aliphatic heterocycles. The molecule has 2 heteroatoms. The van der Waals surface area contributed by atoms with Crippen molar-refractivity contribution in [1.82, 2.24) is 0 Å². The third kappa shape index (κ3) is 1.66. The van der Waals surface area contributed by atoms with Gasteiger partial charge in [-0.15, -0.1) is 0 Å². The minimum atomic E-state index is -0.229. The van der Waals surface area contributed by atoms with Gasteiger partial charge in [0.15, 0.2) is 0 Å². The molecule has 1 aliphatic rings. The van der Waals surface area contributed by atoms with Crippen LogP contribution in [0.2, 0.25) is 0 Å². The van der Waals surface area contributed by atoms with E-state index in [1.807, 2.05) is 6.92 Å². The number of hydrogen-bond acceptors (Lipinski definition) is 2. The minimum Gasteiger partial charge on any atom is -0.390 e. The normalized spacial score (nSPS) is 30.7. The van der Waals surface area contributed by atoms with Gasteiger partial charge >= 0.3 is 0 Å². The second-order valence-electron chi connectivity index (χ2n) is 2.53. The van der Waals surface area contributed by atoms with Crippen molar-refractivity contribution in [2.75, 3.05) is 6.61 Å². The highest BCUT2D eigenvalue weighted by Crippen LogP contribution is 2.16. The quantitative estimate of drug-likeness (QED) is 0.602. The van der Waals surface area contributed by atoms with Gasteiger partial charge < -0.3 is 9.84 Å². The van der Waals surface area contributed by atoms with Crippen LogP contribution in [0.1, 0.15) is 26.2 Å². The van der Waals surface area contributed by atoms with Crippen LogP contribution < -0.4 is 0 Å². The molecule has 0 amide bonds. The smallest absolute Gasteiger partial charge is 0.0834 e. The van der Waals surface area contributed by atoms with E-state index in [4.69, 9.17) is 4.74 Å². The van der Waals surface area contributed by atoms with Gasteiger partial charge in [-0.1, -0.05) is 6.92 Å². The number of hydrogen-bond donors (Lipinski definition) is 1. The van der Waals surface area contributed by atoms with Gasteiger partial charge in [0.05, 0.1) is 12.2 Å². The van der Waals surface area contributed by atoms with E-state index in [0.717, 1.165) is 25.9 Å². The van der Waals surface area contributed by atoms with Crippen LogP contribution >= 0.6 is 0 Å². The fraction of sp³-hybridized carbons (Fsp3) is 1.00. The molecule has 0 aliphatic carbocycles. The summed E-state index contributed by atoms with van der Waals surface area (Å²) in [5.41, 5.74) is 0. The zero-order chi connectivity index (χ0) is 6.69. The molecule has 1 heterocycles. The summed E-state index contributed by atoms with van der Waals surface area (Å²) in [5, 5.41) is 9.23. The van der Waals surface area contributed by atoms with Crippen molar-refractivity contribution in [3.8, 4) is 0 Å². The van der Waals surface area contributed by atoms with Gasteiger partial charge in [0, 0.05) is 6.61 Å². The lowest BCUT2D eigenvalue weighted by atomic mass is 10.1. The Bertz CT molecular complexity index is 77.0. The lowest BCUT2D eigenvalue weighted by Crippen LogP contribution is -2.23. The third-order valence-corrected chi connectivity index (χ3v) is 1.81. The van der Waals surface area contributed by atoms with E-state index in [1.54, 1.807) is 0 Å². The van der Waals surface area contributed by atoms with E-state index < -0.39 is 0 Å². The Kier molecular flexibility index (Phi) is 2.49. The molecular formula is C7H14O2. The van der Waals surface area contributed by atoms with E-state index in [1.165, 1.54) is 0 Å². The maximum absolute atomic E-state index is 9.23. The van der Waals surface area contributed by atoms with Crippen molar-refractivity contribution in [3.05, 3.63) is 0 Å². The maximum atomic E-state index is 9.23. The summed E-state index contributed by atoms with van der Waals surface area (Å²) in [4.78, 5) is 0. The molecule has 1 fully saturated rings. The summed E-state index contributed by atoms with van der Waals surface area (Å²) in [6.45, 7) is 2.81. The Morgan fingerprint density at radius 3 is 3.00 bits per heavy atom. The maximum Gasteiger partial charge on any atom is 0.0834 e. The van der Waals surface area contributed by atoms with Crippen molar-refractivity contribution in [3.63, 3.8) is 0 Å². The molecule has 0 bridgehead atoms. The highest BCUT2D eigenvalue weighted by atomic mass is 16.5. The summed E-state index contributed by atoms with van der Waals surface area (Å²) in [6, 6.07) is 0. The summed E-state index contributed by atoms with van der Waals surface area (Å²) in [7, 11) is 0.